The Kier molecular flexibility index (Phi) is 7.01. The van der Waals surface area contributed by atoms with Crippen molar-refractivity contribution >= 4 is 23.1 Å². The molecule has 0 radical (unpaired) electrons. The molecule has 0 bridgehead atoms. The minimum Gasteiger partial charge on any atom is -0.490 e. The molecule has 4 rings (SSSR count). The first kappa shape index (κ1) is 22.9. The number of ether oxygens (including phenoxy) is 1. The van der Waals surface area contributed by atoms with Crippen LogP contribution < -0.4 is 15.4 Å². The van der Waals surface area contributed by atoms with Crippen molar-refractivity contribution in [2.75, 3.05) is 10.6 Å². The zero-order valence-corrected chi connectivity index (χ0v) is 18.5. The number of aryl methyl sites for hydroxylation is 1. The van der Waals surface area contributed by atoms with Crippen molar-refractivity contribution in [3.05, 3.63) is 65.9 Å². The molecule has 1 saturated carbocycles. The second-order valence-electron chi connectivity index (χ2n) is 8.20. The van der Waals surface area contributed by atoms with Gasteiger partial charge in [0.25, 0.3) is 0 Å². The highest BCUT2D eigenvalue weighted by Gasteiger charge is 2.35. The molecule has 174 valence electrons. The maximum atomic E-state index is 13.6. The summed E-state index contributed by atoms with van der Waals surface area (Å²) in [6.45, 7) is 2.10. The summed E-state index contributed by atoms with van der Waals surface area (Å²) >= 11 is 0. The van der Waals surface area contributed by atoms with Crippen molar-refractivity contribution in [2.24, 2.45) is 0 Å². The van der Waals surface area contributed by atoms with Gasteiger partial charge in [0, 0.05) is 23.6 Å². The van der Waals surface area contributed by atoms with Crippen molar-refractivity contribution in [2.45, 2.75) is 57.7 Å². The first-order valence-electron chi connectivity index (χ1n) is 11.2. The van der Waals surface area contributed by atoms with E-state index in [-0.39, 0.29) is 17.9 Å². The first-order chi connectivity index (χ1) is 15.9. The van der Waals surface area contributed by atoms with Gasteiger partial charge < -0.3 is 15.4 Å². The third-order valence-corrected chi connectivity index (χ3v) is 5.54. The topological polar surface area (TPSA) is 59.1 Å². The van der Waals surface area contributed by atoms with Crippen LogP contribution in [-0.4, -0.2) is 16.1 Å². The molecule has 5 nitrogen and oxygen atoms in total. The highest BCUT2D eigenvalue weighted by molar-refractivity contribution is 5.64. The van der Waals surface area contributed by atoms with Crippen LogP contribution in [0.25, 0.3) is 0 Å². The molecular weight excluding hydrogens is 429 g/mol. The lowest BCUT2D eigenvalue weighted by Crippen LogP contribution is -2.13. The zero-order valence-electron chi connectivity index (χ0n) is 18.5. The number of alkyl halides is 3. The number of halogens is 3. The van der Waals surface area contributed by atoms with Crippen LogP contribution in [0.3, 0.4) is 0 Å². The highest BCUT2D eigenvalue weighted by atomic mass is 19.4. The SMILES string of the molecule is CCCc1ccc(Nc2ncc(C(F)(F)F)c(Nc3cccc(OC4CCCC4)c3)n2)cc1. The van der Waals surface area contributed by atoms with Gasteiger partial charge in [-0.2, -0.15) is 18.2 Å². The van der Waals surface area contributed by atoms with Gasteiger partial charge in [0.15, 0.2) is 0 Å². The van der Waals surface area contributed by atoms with Crippen LogP contribution in [0.15, 0.2) is 54.7 Å². The van der Waals surface area contributed by atoms with Gasteiger partial charge in [-0.1, -0.05) is 31.5 Å². The molecule has 1 aromatic heterocycles. The summed E-state index contributed by atoms with van der Waals surface area (Å²) in [7, 11) is 0. The summed E-state index contributed by atoms with van der Waals surface area (Å²) < 4.78 is 46.8. The maximum absolute atomic E-state index is 13.6. The second-order valence-corrected chi connectivity index (χ2v) is 8.20. The van der Waals surface area contributed by atoms with Gasteiger partial charge in [-0.15, -0.1) is 0 Å². The third-order valence-electron chi connectivity index (χ3n) is 5.54. The molecule has 8 heteroatoms. The molecule has 0 unspecified atom stereocenters. The average molecular weight is 457 g/mol. The average Bonchev–Trinajstić information content (AvgIpc) is 3.28. The van der Waals surface area contributed by atoms with Gasteiger partial charge in [-0.05, 0) is 61.9 Å². The zero-order chi connectivity index (χ0) is 23.3. The lowest BCUT2D eigenvalue weighted by Gasteiger charge is -2.17. The molecule has 2 aromatic carbocycles. The molecular formula is C25H27F3N4O. The second kappa shape index (κ2) is 10.1. The van der Waals surface area contributed by atoms with E-state index in [1.807, 2.05) is 30.3 Å². The van der Waals surface area contributed by atoms with E-state index >= 15 is 0 Å². The molecule has 1 heterocycles. The number of nitrogens with one attached hydrogen (secondary N) is 2. The fourth-order valence-corrected chi connectivity index (χ4v) is 3.90. The van der Waals surface area contributed by atoms with Crippen LogP contribution in [0.2, 0.25) is 0 Å². The predicted octanol–water partition coefficient (Wildman–Crippen LogP) is 7.26. The van der Waals surface area contributed by atoms with Crippen molar-refractivity contribution in [1.82, 2.24) is 9.97 Å². The molecule has 0 saturated heterocycles. The maximum Gasteiger partial charge on any atom is 0.421 e. The molecule has 1 fully saturated rings. The largest absolute Gasteiger partial charge is 0.490 e. The molecule has 3 aromatic rings. The first-order valence-corrected chi connectivity index (χ1v) is 11.2. The Labute approximate surface area is 191 Å². The van der Waals surface area contributed by atoms with Crippen LogP contribution in [0, 0.1) is 0 Å². The fraction of sp³-hybridized carbons (Fsp3) is 0.360. The predicted molar refractivity (Wildman–Crippen MR) is 123 cm³/mol. The monoisotopic (exact) mass is 456 g/mol. The lowest BCUT2D eigenvalue weighted by molar-refractivity contribution is -0.137. The number of hydrogen-bond donors (Lipinski definition) is 2. The minimum atomic E-state index is -4.60. The van der Waals surface area contributed by atoms with Crippen molar-refractivity contribution < 1.29 is 17.9 Å². The number of benzene rings is 2. The fourth-order valence-electron chi connectivity index (χ4n) is 3.90. The van der Waals surface area contributed by atoms with E-state index in [1.54, 1.807) is 18.2 Å². The van der Waals surface area contributed by atoms with E-state index in [4.69, 9.17) is 4.74 Å². The third kappa shape index (κ3) is 6.15. The van der Waals surface area contributed by atoms with Gasteiger partial charge in [0.2, 0.25) is 5.95 Å². The Bertz CT molecular complexity index is 1060. The Hall–Kier alpha value is -3.29. The molecule has 0 atom stereocenters. The molecule has 2 N–H and O–H groups in total. The van der Waals surface area contributed by atoms with E-state index < -0.39 is 11.7 Å². The van der Waals surface area contributed by atoms with E-state index in [9.17, 15) is 13.2 Å². The van der Waals surface area contributed by atoms with E-state index in [2.05, 4.69) is 27.5 Å². The van der Waals surface area contributed by atoms with Crippen LogP contribution in [0.5, 0.6) is 5.75 Å². The Morgan fingerprint density at radius 2 is 1.76 bits per heavy atom. The number of aromatic nitrogens is 2. The Morgan fingerprint density at radius 3 is 2.45 bits per heavy atom. The van der Waals surface area contributed by atoms with E-state index in [1.165, 1.54) is 5.56 Å². The van der Waals surface area contributed by atoms with Crippen LogP contribution in [-0.2, 0) is 12.6 Å². The van der Waals surface area contributed by atoms with Crippen LogP contribution in [0.1, 0.15) is 50.2 Å². The number of hydrogen-bond acceptors (Lipinski definition) is 5. The van der Waals surface area contributed by atoms with Crippen LogP contribution in [0.4, 0.5) is 36.3 Å². The molecule has 1 aliphatic rings. The smallest absolute Gasteiger partial charge is 0.421 e. The minimum absolute atomic E-state index is 0.0760. The summed E-state index contributed by atoms with van der Waals surface area (Å²) in [6.07, 6.45) is 2.62. The Balaban J connectivity index is 1.55. The normalized spacial score (nSPS) is 14.3. The highest BCUT2D eigenvalue weighted by Crippen LogP contribution is 2.36. The van der Waals surface area contributed by atoms with Crippen molar-refractivity contribution in [3.63, 3.8) is 0 Å². The summed E-state index contributed by atoms with van der Waals surface area (Å²) in [5.74, 6) is 0.382. The van der Waals surface area contributed by atoms with Gasteiger partial charge in [-0.25, -0.2) is 4.98 Å². The summed E-state index contributed by atoms with van der Waals surface area (Å²) in [6, 6.07) is 14.6. The van der Waals surface area contributed by atoms with Gasteiger partial charge >= 0.3 is 6.18 Å². The number of nitrogens with zero attached hydrogens (tertiary/aromatic N) is 2. The lowest BCUT2D eigenvalue weighted by atomic mass is 10.1. The van der Waals surface area contributed by atoms with E-state index in [0.717, 1.165) is 44.7 Å². The summed E-state index contributed by atoms with van der Waals surface area (Å²) in [5, 5.41) is 5.79. The number of anilines is 4. The van der Waals surface area contributed by atoms with Crippen LogP contribution >= 0.6 is 0 Å². The Morgan fingerprint density at radius 1 is 1.00 bits per heavy atom. The summed E-state index contributed by atoms with van der Waals surface area (Å²) in [4.78, 5) is 8.01. The van der Waals surface area contributed by atoms with E-state index in [0.29, 0.717) is 17.1 Å². The quantitative estimate of drug-likeness (QED) is 0.374. The van der Waals surface area contributed by atoms with Gasteiger partial charge in [0.1, 0.15) is 17.1 Å². The molecule has 33 heavy (non-hydrogen) atoms. The molecule has 0 amide bonds. The standard InChI is InChI=1S/C25H27F3N4O/c1-2-6-17-11-13-18(14-12-17)31-24-29-16-22(25(26,27)28)23(32-24)30-19-7-5-10-21(15-19)33-20-8-3-4-9-20/h5,7,10-16,20H,2-4,6,8-9H2,1H3,(H2,29,30,31,32). The number of rotatable bonds is 8. The molecule has 0 aliphatic heterocycles. The van der Waals surface area contributed by atoms with Gasteiger partial charge in [0.05, 0.1) is 6.10 Å². The molecule has 1 aliphatic carbocycles. The van der Waals surface area contributed by atoms with Gasteiger partial charge in [-0.3, -0.25) is 0 Å². The molecule has 0 spiro atoms. The van der Waals surface area contributed by atoms with Crippen molar-refractivity contribution in [3.8, 4) is 5.75 Å². The summed E-state index contributed by atoms with van der Waals surface area (Å²) in [5.41, 5.74) is 1.42. The van der Waals surface area contributed by atoms with Crippen molar-refractivity contribution in [1.29, 1.82) is 0 Å².